The van der Waals surface area contributed by atoms with E-state index in [-0.39, 0.29) is 39.5 Å². The maximum absolute atomic E-state index is 11.1. The van der Waals surface area contributed by atoms with Gasteiger partial charge in [0.15, 0.2) is 0 Å². The maximum Gasteiger partial charge on any atom is 0.146 e. The van der Waals surface area contributed by atoms with Crippen molar-refractivity contribution >= 4 is 6.29 Å². The molecule has 0 aromatic heterocycles. The lowest BCUT2D eigenvalue weighted by molar-refractivity contribution is -0.201. The van der Waals surface area contributed by atoms with Crippen LogP contribution in [0.4, 0.5) is 0 Å². The fourth-order valence-electron chi connectivity index (χ4n) is 2.83. The summed E-state index contributed by atoms with van der Waals surface area (Å²) in [6, 6.07) is 0. The van der Waals surface area contributed by atoms with Crippen molar-refractivity contribution in [3.63, 3.8) is 0 Å². The third kappa shape index (κ3) is 6.01. The Morgan fingerprint density at radius 3 is 1.25 bits per heavy atom. The van der Waals surface area contributed by atoms with E-state index < -0.39 is 24.4 Å². The molecular formula is C15H28O9. The van der Waals surface area contributed by atoms with Crippen LogP contribution in [0.5, 0.6) is 0 Å². The van der Waals surface area contributed by atoms with Gasteiger partial charge in [-0.15, -0.1) is 0 Å². The molecule has 1 aliphatic carbocycles. The zero-order chi connectivity index (χ0) is 17.8. The van der Waals surface area contributed by atoms with E-state index in [4.69, 9.17) is 37.9 Å². The average Bonchev–Trinajstić information content (AvgIpc) is 2.86. The molecule has 0 N–H and O–H groups in total. The standard InChI is InChI=1S/C15H28O9/c1-17-7-21-12-11(5-6-16)13(22-8-18-2)15(24-10-20-4)14(12)23-9-19-3/h6,11-15H,5,7-10H2,1-4H3/t11?,12-,13+,14-,15+. The van der Waals surface area contributed by atoms with Crippen LogP contribution in [0.1, 0.15) is 6.42 Å². The van der Waals surface area contributed by atoms with Crippen molar-refractivity contribution in [3.8, 4) is 0 Å². The highest BCUT2D eigenvalue weighted by Crippen LogP contribution is 2.37. The van der Waals surface area contributed by atoms with Gasteiger partial charge < -0.3 is 42.7 Å². The Morgan fingerprint density at radius 1 is 0.625 bits per heavy atom. The van der Waals surface area contributed by atoms with Crippen LogP contribution >= 0.6 is 0 Å². The molecule has 1 fully saturated rings. The molecule has 5 atom stereocenters. The molecule has 24 heavy (non-hydrogen) atoms. The van der Waals surface area contributed by atoms with Gasteiger partial charge in [0.1, 0.15) is 45.7 Å². The molecular weight excluding hydrogens is 324 g/mol. The molecule has 9 nitrogen and oxygen atoms in total. The summed E-state index contributed by atoms with van der Waals surface area (Å²) in [6.45, 7) is 0.214. The van der Waals surface area contributed by atoms with Gasteiger partial charge in [-0.25, -0.2) is 0 Å². The predicted octanol–water partition coefficient (Wildman–Crippen LogP) is 0.162. The Labute approximate surface area is 142 Å². The first kappa shape index (κ1) is 21.4. The highest BCUT2D eigenvalue weighted by atomic mass is 16.7. The Kier molecular flexibility index (Phi) is 11.3. The zero-order valence-corrected chi connectivity index (χ0v) is 14.7. The summed E-state index contributed by atoms with van der Waals surface area (Å²) >= 11 is 0. The van der Waals surface area contributed by atoms with Crippen LogP contribution in [0.15, 0.2) is 0 Å². The Morgan fingerprint density at radius 2 is 0.958 bits per heavy atom. The number of carbonyl (C=O) groups excluding carboxylic acids is 1. The quantitative estimate of drug-likeness (QED) is 0.320. The predicted molar refractivity (Wildman–Crippen MR) is 81.2 cm³/mol. The van der Waals surface area contributed by atoms with Crippen molar-refractivity contribution in [3.05, 3.63) is 0 Å². The van der Waals surface area contributed by atoms with Crippen LogP contribution in [-0.4, -0.2) is 86.3 Å². The first-order valence-corrected chi connectivity index (χ1v) is 7.60. The number of methoxy groups -OCH3 is 4. The van der Waals surface area contributed by atoms with Gasteiger partial charge in [0.25, 0.3) is 0 Å². The van der Waals surface area contributed by atoms with Gasteiger partial charge in [0, 0.05) is 40.8 Å². The van der Waals surface area contributed by atoms with Crippen LogP contribution in [0.2, 0.25) is 0 Å². The summed E-state index contributed by atoms with van der Waals surface area (Å²) in [4.78, 5) is 11.1. The Bertz CT molecular complexity index is 302. The summed E-state index contributed by atoms with van der Waals surface area (Å²) in [5, 5.41) is 0. The van der Waals surface area contributed by atoms with Gasteiger partial charge in [0.2, 0.25) is 0 Å². The molecule has 0 saturated heterocycles. The second kappa shape index (κ2) is 12.7. The minimum Gasteiger partial charge on any atom is -0.359 e. The highest BCUT2D eigenvalue weighted by molar-refractivity contribution is 5.50. The van der Waals surface area contributed by atoms with Gasteiger partial charge in [-0.05, 0) is 0 Å². The molecule has 0 spiro atoms. The number of ether oxygens (including phenoxy) is 8. The van der Waals surface area contributed by atoms with Gasteiger partial charge in [0.05, 0.1) is 12.2 Å². The van der Waals surface area contributed by atoms with Crippen LogP contribution in [0.3, 0.4) is 0 Å². The van der Waals surface area contributed by atoms with Crippen LogP contribution in [-0.2, 0) is 42.7 Å². The van der Waals surface area contributed by atoms with Gasteiger partial charge in [-0.2, -0.15) is 0 Å². The Hall–Kier alpha value is -0.650. The van der Waals surface area contributed by atoms with E-state index in [2.05, 4.69) is 0 Å². The average molecular weight is 352 g/mol. The molecule has 0 radical (unpaired) electrons. The first-order chi connectivity index (χ1) is 11.7. The monoisotopic (exact) mass is 352 g/mol. The van der Waals surface area contributed by atoms with Gasteiger partial charge in [-0.1, -0.05) is 0 Å². The van der Waals surface area contributed by atoms with Crippen molar-refractivity contribution in [1.29, 1.82) is 0 Å². The molecule has 0 aromatic rings. The van der Waals surface area contributed by atoms with Crippen molar-refractivity contribution in [2.75, 3.05) is 55.6 Å². The van der Waals surface area contributed by atoms with Crippen LogP contribution < -0.4 is 0 Å². The molecule has 9 heteroatoms. The number of hydrogen-bond acceptors (Lipinski definition) is 9. The molecule has 0 aromatic carbocycles. The van der Waals surface area contributed by atoms with E-state index in [9.17, 15) is 4.79 Å². The zero-order valence-electron chi connectivity index (χ0n) is 14.7. The number of hydrogen-bond donors (Lipinski definition) is 0. The van der Waals surface area contributed by atoms with Gasteiger partial charge >= 0.3 is 0 Å². The number of rotatable bonds is 14. The highest BCUT2D eigenvalue weighted by Gasteiger charge is 2.53. The lowest BCUT2D eigenvalue weighted by atomic mass is 10.00. The van der Waals surface area contributed by atoms with E-state index in [0.29, 0.717) is 0 Å². The van der Waals surface area contributed by atoms with Crippen molar-refractivity contribution in [2.45, 2.75) is 30.8 Å². The summed E-state index contributed by atoms with van der Waals surface area (Å²) in [6.07, 6.45) is -0.905. The van der Waals surface area contributed by atoms with E-state index in [1.54, 1.807) is 0 Å². The summed E-state index contributed by atoms with van der Waals surface area (Å²) in [5.74, 6) is -0.281. The largest absolute Gasteiger partial charge is 0.359 e. The molecule has 0 heterocycles. The van der Waals surface area contributed by atoms with Crippen molar-refractivity contribution in [1.82, 2.24) is 0 Å². The number of aldehydes is 1. The smallest absolute Gasteiger partial charge is 0.146 e. The molecule has 1 rings (SSSR count). The SMILES string of the molecule is COCO[C@@H]1[C@H](OCOC)[C@H](OCOC)C(CC=O)[C@@H]1OCOC. The molecule has 1 saturated carbocycles. The molecule has 0 aliphatic heterocycles. The van der Waals surface area contributed by atoms with E-state index in [1.165, 1.54) is 28.4 Å². The summed E-state index contributed by atoms with van der Waals surface area (Å²) in [5.41, 5.74) is 0. The fraction of sp³-hybridized carbons (Fsp3) is 0.933. The molecule has 1 aliphatic rings. The Balaban J connectivity index is 3.00. The van der Waals surface area contributed by atoms with Crippen LogP contribution in [0.25, 0.3) is 0 Å². The van der Waals surface area contributed by atoms with Crippen LogP contribution in [0, 0.1) is 5.92 Å². The normalized spacial score (nSPS) is 29.9. The minimum absolute atomic E-state index is 0.0508. The minimum atomic E-state index is -0.512. The second-order valence-electron chi connectivity index (χ2n) is 5.22. The third-order valence-electron chi connectivity index (χ3n) is 3.70. The molecule has 1 unspecified atom stereocenters. The molecule has 142 valence electrons. The second-order valence-corrected chi connectivity index (χ2v) is 5.22. The summed E-state index contributed by atoms with van der Waals surface area (Å²) < 4.78 is 42.9. The van der Waals surface area contributed by atoms with E-state index in [1.807, 2.05) is 0 Å². The third-order valence-corrected chi connectivity index (χ3v) is 3.70. The van der Waals surface area contributed by atoms with E-state index in [0.717, 1.165) is 6.29 Å². The van der Waals surface area contributed by atoms with Gasteiger partial charge in [-0.3, -0.25) is 0 Å². The molecule has 0 amide bonds. The number of carbonyl (C=O) groups is 1. The topological polar surface area (TPSA) is 90.9 Å². The lowest BCUT2D eigenvalue weighted by Crippen LogP contribution is -2.40. The van der Waals surface area contributed by atoms with E-state index >= 15 is 0 Å². The lowest BCUT2D eigenvalue weighted by Gasteiger charge is -2.26. The first-order valence-electron chi connectivity index (χ1n) is 7.60. The van der Waals surface area contributed by atoms with Crippen molar-refractivity contribution < 1.29 is 42.7 Å². The summed E-state index contributed by atoms with van der Waals surface area (Å²) in [7, 11) is 6.08. The van der Waals surface area contributed by atoms with Crippen molar-refractivity contribution in [2.24, 2.45) is 5.92 Å². The fourth-order valence-corrected chi connectivity index (χ4v) is 2.83. The molecule has 0 bridgehead atoms. The maximum atomic E-state index is 11.1.